The van der Waals surface area contributed by atoms with Crippen LogP contribution in [0.25, 0.3) is 43.1 Å². The van der Waals surface area contributed by atoms with Gasteiger partial charge in [0, 0.05) is 133 Å². The first-order valence-electron chi connectivity index (χ1n) is 35.9. The third kappa shape index (κ3) is 14.4. The fourth-order valence-electron chi connectivity index (χ4n) is 14.5. The topological polar surface area (TPSA) is 249 Å². The molecule has 4 unspecified atom stereocenters. The van der Waals surface area contributed by atoms with Gasteiger partial charge < -0.3 is 43.5 Å². The number of pyridine rings is 2. The largest absolute Gasteiger partial charge is 0.457 e. The van der Waals surface area contributed by atoms with Crippen LogP contribution < -0.4 is 24.3 Å². The summed E-state index contributed by atoms with van der Waals surface area (Å²) in [6.07, 6.45) is 6.78. The zero-order valence-electron chi connectivity index (χ0n) is 59.0. The second-order valence-corrected chi connectivity index (χ2v) is 28.1. The monoisotopic (exact) mass is 1420 g/mol. The van der Waals surface area contributed by atoms with Crippen molar-refractivity contribution in [3.63, 3.8) is 0 Å². The van der Waals surface area contributed by atoms with Crippen molar-refractivity contribution in [1.82, 2.24) is 34.9 Å². The highest BCUT2D eigenvalue weighted by Gasteiger charge is 2.48. The van der Waals surface area contributed by atoms with Crippen molar-refractivity contribution < 1.29 is 66.8 Å². The summed E-state index contributed by atoms with van der Waals surface area (Å²) in [6, 6.07) is 45.7. The van der Waals surface area contributed by atoms with E-state index in [9.17, 15) is 9.59 Å². The predicted molar refractivity (Wildman–Crippen MR) is 397 cm³/mol. The van der Waals surface area contributed by atoms with Crippen LogP contribution in [-0.2, 0) is 41.5 Å². The summed E-state index contributed by atoms with van der Waals surface area (Å²) in [4.78, 5) is 139. The molecule has 21 nitrogen and oxygen atoms in total. The van der Waals surface area contributed by atoms with Gasteiger partial charge in [-0.2, -0.15) is 0 Å². The maximum Gasteiger partial charge on any atom is 0.262 e. The Kier molecular flexibility index (Phi) is 19.8. The molecule has 106 heavy (non-hydrogen) atoms. The van der Waals surface area contributed by atoms with Crippen molar-refractivity contribution in [2.24, 2.45) is 11.8 Å². The number of rotatable bonds is 31. The lowest BCUT2D eigenvalue weighted by atomic mass is 9.80. The molecule has 2 aromatic heterocycles. The number of para-hydroxylation sites is 4. The van der Waals surface area contributed by atoms with Gasteiger partial charge >= 0.3 is 0 Å². The molecule has 1 N–H and O–H groups in total. The molecule has 6 heterocycles. The summed E-state index contributed by atoms with van der Waals surface area (Å²) in [5.41, 5.74) is 1.08. The maximum atomic E-state index is 16.6. The van der Waals surface area contributed by atoms with E-state index in [4.69, 9.17) is 28.4 Å². The van der Waals surface area contributed by atoms with E-state index < -0.39 is 47.5 Å². The summed E-state index contributed by atoms with van der Waals surface area (Å²) in [5, 5.41) is 4.75. The van der Waals surface area contributed by atoms with Gasteiger partial charge in [0.05, 0.1) is 47.7 Å². The molecule has 2 fully saturated rings. The van der Waals surface area contributed by atoms with Gasteiger partial charge in [-0.3, -0.25) is 58.1 Å². The number of nitrogens with zero attached hydrogens (tertiary/aromatic N) is 6. The minimum Gasteiger partial charge on any atom is -0.457 e. The van der Waals surface area contributed by atoms with Gasteiger partial charge in [-0.25, -0.2) is 0 Å². The predicted octanol–water partition coefficient (Wildman–Crippen LogP) is 14.1. The zero-order chi connectivity index (χ0) is 73.3. The first kappa shape index (κ1) is 69.8. The van der Waals surface area contributed by atoms with Crippen LogP contribution in [0.1, 0.15) is 106 Å². The Labute approximate surface area is 611 Å². The average Bonchev–Trinajstić information content (AvgIpc) is 0.879. The summed E-state index contributed by atoms with van der Waals surface area (Å²) in [6.45, 7) is 9.62. The summed E-state index contributed by atoms with van der Waals surface area (Å²) in [7, 11) is 0. The van der Waals surface area contributed by atoms with Gasteiger partial charge in [0.15, 0.2) is 0 Å². The van der Waals surface area contributed by atoms with Crippen LogP contribution in [0.3, 0.4) is 0 Å². The molecular formula is C85H77N7O14. The second-order valence-electron chi connectivity index (χ2n) is 28.1. The van der Waals surface area contributed by atoms with Gasteiger partial charge in [0.1, 0.15) is 63.9 Å². The van der Waals surface area contributed by atoms with Crippen molar-refractivity contribution >= 4 is 90.2 Å². The van der Waals surface area contributed by atoms with E-state index in [1.165, 1.54) is 0 Å². The molecule has 0 bridgehead atoms. The maximum absolute atomic E-state index is 16.6. The van der Waals surface area contributed by atoms with Crippen molar-refractivity contribution in [3.8, 4) is 46.0 Å². The number of hydrogen-bond donors (Lipinski definition) is 1. The number of ether oxygens (including phenoxy) is 6. The number of Topliss-reactive ketones (excluding diaryl/α,β-unsaturated/α-hetero) is 1. The molecule has 4 atom stereocenters. The van der Waals surface area contributed by atoms with Crippen LogP contribution in [0.15, 0.2) is 195 Å². The number of aromatic nitrogens is 2. The third-order valence-corrected chi connectivity index (χ3v) is 19.5. The Morgan fingerprint density at radius 1 is 0.443 bits per heavy atom. The molecule has 9 aromatic carbocycles. The normalized spacial score (nSPS) is 15.7. The molecule has 4 aliphatic rings. The molecule has 7 amide bonds. The molecule has 0 saturated carbocycles. The Morgan fingerprint density at radius 2 is 0.774 bits per heavy atom. The summed E-state index contributed by atoms with van der Waals surface area (Å²) in [5.74, 6) is -3.49. The second kappa shape index (κ2) is 30.0. The average molecular weight is 1420 g/mol. The number of ketones is 1. The molecule has 15 rings (SSSR count). The smallest absolute Gasteiger partial charge is 0.262 e. The van der Waals surface area contributed by atoms with E-state index in [2.05, 4.69) is 15.3 Å². The quantitative estimate of drug-likeness (QED) is 0.0183. The van der Waals surface area contributed by atoms with E-state index in [1.807, 2.05) is 52.0 Å². The van der Waals surface area contributed by atoms with Gasteiger partial charge in [0.2, 0.25) is 17.7 Å². The highest BCUT2D eigenvalue weighted by Crippen LogP contribution is 2.58. The number of carbonyl (C=O) groups excluding carboxylic acids is 8. The first-order chi connectivity index (χ1) is 51.5. The highest BCUT2D eigenvalue weighted by molar-refractivity contribution is 6.45. The molecule has 0 aliphatic carbocycles. The van der Waals surface area contributed by atoms with Crippen LogP contribution in [0, 0.1) is 11.8 Å². The minimum atomic E-state index is -1.50. The van der Waals surface area contributed by atoms with Gasteiger partial charge in [-0.05, 0) is 126 Å². The Hall–Kier alpha value is -11.9. The van der Waals surface area contributed by atoms with Crippen molar-refractivity contribution in [2.75, 3.05) is 45.9 Å². The molecule has 536 valence electrons. The van der Waals surface area contributed by atoms with Crippen molar-refractivity contribution in [3.05, 3.63) is 228 Å². The van der Waals surface area contributed by atoms with E-state index in [0.717, 1.165) is 9.80 Å². The van der Waals surface area contributed by atoms with Gasteiger partial charge in [-0.15, -0.1) is 0 Å². The molecule has 0 spiro atoms. The van der Waals surface area contributed by atoms with Gasteiger partial charge in [-0.1, -0.05) is 100 Å². The first-order valence-corrected chi connectivity index (χ1v) is 35.9. The summed E-state index contributed by atoms with van der Waals surface area (Å²) < 4.78 is 39.5. The molecule has 4 aliphatic heterocycles. The van der Waals surface area contributed by atoms with Crippen LogP contribution in [0.2, 0.25) is 0 Å². The standard InChI is InChI=1S/C85H77N7O14/c1-50(2)46-89(37-31-54(93)25-26-59-48-101-59)84(99)65(39-52-27-33-86-34-28-52)91-80(95)61-41-67(103-55-17-9-5-10-18-55)74-76-69(105-57-21-13-7-14-22-57)43-63-73-64(83(98)92(82(63)97)66(40-53-29-35-87-36-30-53)85(100)90(47-51(3)4)38-32-71(94)88-45-60-49-102-60)44-70(106-58-23-15-8-16-24-58)77(79(73)76)75-68(104-56-19-11-6-12-20-56)42-62(81(91)96)72(61)78(74)75/h5-24,27-30,33-36,41-44,50-51,59-60,65-66H,25-26,31-32,37-40,45-49H2,1-4H3,(H,88,94). The number of carbonyl (C=O) groups is 8. The lowest BCUT2D eigenvalue weighted by Gasteiger charge is -2.38. The molecule has 11 aromatic rings. The Balaban J connectivity index is 1.00. The number of fused-ring (bicyclic) bond motifs is 2. The fourth-order valence-corrected chi connectivity index (χ4v) is 14.5. The molecule has 21 heteroatoms. The van der Waals surface area contributed by atoms with Crippen LogP contribution in [-0.4, -0.2) is 147 Å². The Morgan fingerprint density at radius 3 is 1.09 bits per heavy atom. The van der Waals surface area contributed by atoms with E-state index in [1.54, 1.807) is 180 Å². The number of benzene rings is 9. The SMILES string of the molecule is CC(C)CN(CCC(=O)CCC1CO1)C(=O)C(Cc1ccncc1)N1C(=O)c2cc(Oc3ccccc3)c3c4c(Oc5ccccc5)cc5c6c(cc(Oc7ccccc7)c(c7c(Oc8ccccc8)cc(c2c37)C1=O)c64)C(=O)N(C(Cc1ccncc1)C(=O)N(CCC(=O)NCC1CO1)CC(C)C)C5=O. The zero-order valence-corrected chi connectivity index (χ0v) is 59.0. The highest BCUT2D eigenvalue weighted by atomic mass is 16.6. The lowest BCUT2D eigenvalue weighted by Crippen LogP contribution is -2.56. The van der Waals surface area contributed by atoms with E-state index >= 15 is 28.8 Å². The number of imide groups is 2. The van der Waals surface area contributed by atoms with Crippen LogP contribution in [0.4, 0.5) is 0 Å². The van der Waals surface area contributed by atoms with Crippen molar-refractivity contribution in [2.45, 2.75) is 90.5 Å². The third-order valence-electron chi connectivity index (χ3n) is 19.5. The van der Waals surface area contributed by atoms with Gasteiger partial charge in [0.25, 0.3) is 23.6 Å². The fraction of sp³-hybridized carbons (Fsp3) is 0.271. The minimum absolute atomic E-state index is 0.0248. The number of epoxide rings is 2. The van der Waals surface area contributed by atoms with Crippen LogP contribution >= 0.6 is 0 Å². The number of hydrogen-bond acceptors (Lipinski definition) is 16. The Bertz CT molecular complexity index is 4660. The molecular weight excluding hydrogens is 1340 g/mol. The van der Waals surface area contributed by atoms with Crippen LogP contribution in [0.5, 0.6) is 46.0 Å². The van der Waals surface area contributed by atoms with Crippen molar-refractivity contribution in [1.29, 1.82) is 0 Å². The van der Waals surface area contributed by atoms with E-state index in [-0.39, 0.29) is 182 Å². The number of nitrogens with one attached hydrogen (secondary N) is 1. The lowest BCUT2D eigenvalue weighted by molar-refractivity contribution is -0.137. The molecule has 2 saturated heterocycles. The molecule has 0 radical (unpaired) electrons. The number of amides is 7. The van der Waals surface area contributed by atoms with E-state index in [0.29, 0.717) is 60.3 Å². The summed E-state index contributed by atoms with van der Waals surface area (Å²) >= 11 is 0.